The average molecular weight is 428 g/mol. The van der Waals surface area contributed by atoms with E-state index in [-0.39, 0.29) is 11.7 Å². The van der Waals surface area contributed by atoms with Gasteiger partial charge in [-0.2, -0.15) is 0 Å². The Morgan fingerprint density at radius 2 is 1.87 bits per heavy atom. The van der Waals surface area contributed by atoms with Gasteiger partial charge in [0.25, 0.3) is 0 Å². The zero-order valence-electron chi connectivity index (χ0n) is 17.1. The number of hydrogen-bond acceptors (Lipinski definition) is 5. The van der Waals surface area contributed by atoms with Crippen molar-refractivity contribution in [2.75, 3.05) is 24.2 Å². The zero-order valence-corrected chi connectivity index (χ0v) is 17.9. The standard InChI is InChI=1S/C22H25N3O4S/c1-3-30(27,28)25-13-11-22(12-14-25,17-7-5-4-6-8-17)21(26)24-18-9-10-19-20(15-18)29-16(2)23-19/h4-10,15H,3,11-14H2,1-2H3,(H,24,26). The highest BCUT2D eigenvalue weighted by atomic mass is 32.2. The van der Waals surface area contributed by atoms with E-state index >= 15 is 0 Å². The maximum Gasteiger partial charge on any atom is 0.235 e. The molecule has 1 fully saturated rings. The largest absolute Gasteiger partial charge is 0.441 e. The summed E-state index contributed by atoms with van der Waals surface area (Å²) in [5.41, 5.74) is 2.08. The summed E-state index contributed by atoms with van der Waals surface area (Å²) < 4.78 is 31.7. The van der Waals surface area contributed by atoms with Crippen LogP contribution >= 0.6 is 0 Å². The Kier molecular flexibility index (Phi) is 5.38. The number of aromatic nitrogens is 1. The number of hydrogen-bond donors (Lipinski definition) is 1. The molecule has 2 heterocycles. The fraction of sp³-hybridized carbons (Fsp3) is 0.364. The summed E-state index contributed by atoms with van der Waals surface area (Å²) in [6.45, 7) is 4.06. The highest BCUT2D eigenvalue weighted by Gasteiger charge is 2.44. The molecule has 0 spiro atoms. The summed E-state index contributed by atoms with van der Waals surface area (Å²) in [6, 6.07) is 15.0. The van der Waals surface area contributed by atoms with E-state index in [0.717, 1.165) is 11.1 Å². The van der Waals surface area contributed by atoms with Crippen molar-refractivity contribution < 1.29 is 17.6 Å². The second-order valence-electron chi connectivity index (χ2n) is 7.62. The number of carbonyl (C=O) groups is 1. The van der Waals surface area contributed by atoms with Gasteiger partial charge in [0, 0.05) is 31.8 Å². The molecule has 1 N–H and O–H groups in total. The summed E-state index contributed by atoms with van der Waals surface area (Å²) >= 11 is 0. The number of benzene rings is 2. The van der Waals surface area contributed by atoms with Gasteiger partial charge in [-0.1, -0.05) is 30.3 Å². The molecule has 1 aliphatic rings. The maximum atomic E-state index is 13.5. The number of oxazole rings is 1. The number of amides is 1. The molecule has 1 amide bonds. The third-order valence-corrected chi connectivity index (χ3v) is 7.73. The van der Waals surface area contributed by atoms with Crippen LogP contribution in [0.25, 0.3) is 11.1 Å². The minimum Gasteiger partial charge on any atom is -0.441 e. The van der Waals surface area contributed by atoms with Crippen molar-refractivity contribution in [3.63, 3.8) is 0 Å². The summed E-state index contributed by atoms with van der Waals surface area (Å²) in [7, 11) is -3.28. The quantitative estimate of drug-likeness (QED) is 0.673. The van der Waals surface area contributed by atoms with Crippen LogP contribution < -0.4 is 5.32 Å². The fourth-order valence-corrected chi connectivity index (χ4v) is 5.21. The molecule has 0 unspecified atom stereocenters. The van der Waals surface area contributed by atoms with Gasteiger partial charge >= 0.3 is 0 Å². The van der Waals surface area contributed by atoms with Gasteiger partial charge in [0.15, 0.2) is 11.5 Å². The van der Waals surface area contributed by atoms with E-state index in [0.29, 0.717) is 43.1 Å². The molecule has 3 aromatic rings. The molecule has 158 valence electrons. The van der Waals surface area contributed by atoms with Crippen LogP contribution in [0.15, 0.2) is 52.9 Å². The monoisotopic (exact) mass is 427 g/mol. The molecule has 7 nitrogen and oxygen atoms in total. The van der Waals surface area contributed by atoms with E-state index in [4.69, 9.17) is 4.42 Å². The Labute approximate surface area is 176 Å². The predicted molar refractivity (Wildman–Crippen MR) is 116 cm³/mol. The van der Waals surface area contributed by atoms with Gasteiger partial charge in [-0.05, 0) is 37.5 Å². The first-order valence-electron chi connectivity index (χ1n) is 10.1. The first kappa shape index (κ1) is 20.6. The molecule has 0 atom stereocenters. The Hall–Kier alpha value is -2.71. The van der Waals surface area contributed by atoms with Gasteiger partial charge in [0.1, 0.15) is 5.52 Å². The number of piperidine rings is 1. The molecule has 1 saturated heterocycles. The van der Waals surface area contributed by atoms with Crippen LogP contribution in [0.2, 0.25) is 0 Å². The maximum absolute atomic E-state index is 13.5. The number of rotatable bonds is 5. The third kappa shape index (κ3) is 3.73. The van der Waals surface area contributed by atoms with Crippen molar-refractivity contribution >= 4 is 32.7 Å². The van der Waals surface area contributed by atoms with Crippen LogP contribution in [-0.4, -0.2) is 42.5 Å². The van der Waals surface area contributed by atoms with Gasteiger partial charge < -0.3 is 9.73 Å². The highest BCUT2D eigenvalue weighted by Crippen LogP contribution is 2.38. The molecule has 30 heavy (non-hydrogen) atoms. The third-order valence-electron chi connectivity index (χ3n) is 5.85. The Morgan fingerprint density at radius 3 is 2.53 bits per heavy atom. The number of fused-ring (bicyclic) bond motifs is 1. The van der Waals surface area contributed by atoms with Crippen LogP contribution in [0.3, 0.4) is 0 Å². The topological polar surface area (TPSA) is 92.5 Å². The molecule has 0 aliphatic carbocycles. The first-order valence-corrected chi connectivity index (χ1v) is 11.7. The van der Waals surface area contributed by atoms with Gasteiger partial charge in [-0.15, -0.1) is 0 Å². The molecule has 0 saturated carbocycles. The molecule has 1 aliphatic heterocycles. The number of sulfonamides is 1. The lowest BCUT2D eigenvalue weighted by Gasteiger charge is -2.40. The fourth-order valence-electron chi connectivity index (χ4n) is 4.10. The average Bonchev–Trinajstić information content (AvgIpc) is 3.13. The second kappa shape index (κ2) is 7.85. The predicted octanol–water partition coefficient (Wildman–Crippen LogP) is 3.46. The summed E-state index contributed by atoms with van der Waals surface area (Å²) in [5.74, 6) is 0.491. The van der Waals surface area contributed by atoms with Crippen LogP contribution in [0, 0.1) is 6.92 Å². The smallest absolute Gasteiger partial charge is 0.235 e. The minimum absolute atomic E-state index is 0.0636. The van der Waals surface area contributed by atoms with Crippen molar-refractivity contribution in [2.45, 2.75) is 32.1 Å². The Bertz CT molecular complexity index is 1160. The molecule has 0 radical (unpaired) electrons. The van der Waals surface area contributed by atoms with Crippen molar-refractivity contribution in [1.82, 2.24) is 9.29 Å². The number of aryl methyl sites for hydroxylation is 1. The van der Waals surface area contributed by atoms with Gasteiger partial charge in [-0.3, -0.25) is 4.79 Å². The molecule has 4 rings (SSSR count). The van der Waals surface area contributed by atoms with Crippen molar-refractivity contribution in [3.8, 4) is 0 Å². The molecule has 0 bridgehead atoms. The molecule has 8 heteroatoms. The normalized spacial score (nSPS) is 17.1. The zero-order chi connectivity index (χ0) is 21.4. The van der Waals surface area contributed by atoms with Crippen LogP contribution in [0.1, 0.15) is 31.2 Å². The van der Waals surface area contributed by atoms with Crippen molar-refractivity contribution in [2.24, 2.45) is 0 Å². The second-order valence-corrected chi connectivity index (χ2v) is 9.87. The number of anilines is 1. The summed E-state index contributed by atoms with van der Waals surface area (Å²) in [5, 5.41) is 3.03. The van der Waals surface area contributed by atoms with Crippen LogP contribution in [0.5, 0.6) is 0 Å². The van der Waals surface area contributed by atoms with E-state index in [2.05, 4.69) is 10.3 Å². The molecular weight excluding hydrogens is 402 g/mol. The van der Waals surface area contributed by atoms with Gasteiger partial charge in [-0.25, -0.2) is 17.7 Å². The number of nitrogens with zero attached hydrogens (tertiary/aromatic N) is 2. The lowest BCUT2D eigenvalue weighted by atomic mass is 9.72. The lowest BCUT2D eigenvalue weighted by Crippen LogP contribution is -2.51. The van der Waals surface area contributed by atoms with Crippen LogP contribution in [0.4, 0.5) is 5.69 Å². The van der Waals surface area contributed by atoms with E-state index in [1.807, 2.05) is 36.4 Å². The minimum atomic E-state index is -3.28. The van der Waals surface area contributed by atoms with Gasteiger partial charge in [0.2, 0.25) is 15.9 Å². The van der Waals surface area contributed by atoms with Gasteiger partial charge in [0.05, 0.1) is 11.2 Å². The van der Waals surface area contributed by atoms with Crippen molar-refractivity contribution in [3.05, 3.63) is 60.0 Å². The SMILES string of the molecule is CCS(=O)(=O)N1CCC(C(=O)Nc2ccc3nc(C)oc3c2)(c2ccccc2)CC1. The van der Waals surface area contributed by atoms with E-state index in [1.54, 1.807) is 26.0 Å². The Morgan fingerprint density at radius 1 is 1.17 bits per heavy atom. The number of nitrogens with one attached hydrogen (secondary N) is 1. The van der Waals surface area contributed by atoms with E-state index in [9.17, 15) is 13.2 Å². The van der Waals surface area contributed by atoms with E-state index < -0.39 is 15.4 Å². The molecule has 2 aromatic carbocycles. The van der Waals surface area contributed by atoms with Crippen molar-refractivity contribution in [1.29, 1.82) is 0 Å². The number of carbonyl (C=O) groups excluding carboxylic acids is 1. The molecular formula is C22H25N3O4S. The Balaban J connectivity index is 1.63. The summed E-state index contributed by atoms with van der Waals surface area (Å²) in [6.07, 6.45) is 0.845. The highest BCUT2D eigenvalue weighted by molar-refractivity contribution is 7.89. The first-order chi connectivity index (χ1) is 14.3. The molecule has 1 aromatic heterocycles. The van der Waals surface area contributed by atoms with E-state index in [1.165, 1.54) is 4.31 Å². The lowest BCUT2D eigenvalue weighted by molar-refractivity contribution is -0.123. The van der Waals surface area contributed by atoms with Crippen LogP contribution in [-0.2, 0) is 20.2 Å². The summed E-state index contributed by atoms with van der Waals surface area (Å²) in [4.78, 5) is 17.8.